The van der Waals surface area contributed by atoms with Gasteiger partial charge in [-0.1, -0.05) is 0 Å². The van der Waals surface area contributed by atoms with Gasteiger partial charge in [-0.2, -0.15) is 11.8 Å². The van der Waals surface area contributed by atoms with Crippen LogP contribution in [0.4, 0.5) is 0 Å². The van der Waals surface area contributed by atoms with Gasteiger partial charge in [-0.25, -0.2) is 4.79 Å². The predicted molar refractivity (Wildman–Crippen MR) is 82.8 cm³/mol. The van der Waals surface area contributed by atoms with E-state index < -0.39 is 5.97 Å². The molecule has 0 bridgehead atoms. The van der Waals surface area contributed by atoms with Crippen molar-refractivity contribution in [2.24, 2.45) is 0 Å². The average molecular weight is 297 g/mol. The van der Waals surface area contributed by atoms with Crippen molar-refractivity contribution < 1.29 is 9.90 Å². The maximum absolute atomic E-state index is 10.6. The first kappa shape index (κ1) is 14.6. The minimum Gasteiger partial charge on any atom is -0.478 e. The highest BCUT2D eigenvalue weighted by molar-refractivity contribution is 8.00. The Balaban J connectivity index is 2.03. The third-order valence-electron chi connectivity index (χ3n) is 3.06. The van der Waals surface area contributed by atoms with Gasteiger partial charge in [0, 0.05) is 41.1 Å². The zero-order chi connectivity index (χ0) is 13.9. The van der Waals surface area contributed by atoms with Crippen LogP contribution in [0.3, 0.4) is 0 Å². The lowest BCUT2D eigenvalue weighted by Crippen LogP contribution is -2.42. The smallest absolute Gasteiger partial charge is 0.328 e. The molecule has 0 aliphatic carbocycles. The van der Waals surface area contributed by atoms with Crippen LogP contribution < -0.4 is 0 Å². The highest BCUT2D eigenvalue weighted by atomic mass is 32.2. The van der Waals surface area contributed by atoms with Crippen molar-refractivity contribution in [1.29, 1.82) is 0 Å². The van der Waals surface area contributed by atoms with E-state index >= 15 is 0 Å². The molecule has 1 aliphatic rings. The number of aliphatic carboxylic acids is 1. The number of rotatable bonds is 4. The van der Waals surface area contributed by atoms with Crippen molar-refractivity contribution >= 4 is 35.1 Å². The molecule has 0 aromatic carbocycles. The number of carboxylic acid groups (broad SMARTS) is 1. The first-order valence-electron chi connectivity index (χ1n) is 6.30. The van der Waals surface area contributed by atoms with Gasteiger partial charge in [0.15, 0.2) is 0 Å². The fraction of sp³-hybridized carbons (Fsp3) is 0.500. The lowest BCUT2D eigenvalue weighted by atomic mass is 10.1. The zero-order valence-electron chi connectivity index (χ0n) is 11.3. The molecule has 1 aromatic heterocycles. The molecule has 1 aromatic rings. The Morgan fingerprint density at radius 1 is 1.58 bits per heavy atom. The van der Waals surface area contributed by atoms with Gasteiger partial charge < -0.3 is 5.11 Å². The van der Waals surface area contributed by atoms with E-state index in [0.29, 0.717) is 4.75 Å². The molecule has 0 atom stereocenters. The molecule has 3 nitrogen and oxygen atoms in total. The molecule has 0 amide bonds. The third kappa shape index (κ3) is 4.37. The van der Waals surface area contributed by atoms with Crippen molar-refractivity contribution in [2.45, 2.75) is 25.1 Å². The normalized spacial score (nSPS) is 19.9. The van der Waals surface area contributed by atoms with Gasteiger partial charge in [-0.05, 0) is 36.9 Å². The van der Waals surface area contributed by atoms with E-state index in [9.17, 15) is 4.79 Å². The SMILES string of the molecule is CC1(C)CN(Cc2sccc2/C=C/C(=O)O)CCS1. The molecule has 1 aliphatic heterocycles. The fourth-order valence-corrected chi connectivity index (χ4v) is 4.32. The summed E-state index contributed by atoms with van der Waals surface area (Å²) in [6.45, 7) is 7.67. The topological polar surface area (TPSA) is 40.5 Å². The second-order valence-electron chi connectivity index (χ2n) is 5.29. The Labute approximate surface area is 122 Å². The van der Waals surface area contributed by atoms with E-state index in [2.05, 4.69) is 18.7 Å². The Kier molecular flexibility index (Phi) is 4.71. The van der Waals surface area contributed by atoms with Crippen LogP contribution >= 0.6 is 23.1 Å². The summed E-state index contributed by atoms with van der Waals surface area (Å²) in [7, 11) is 0. The number of carboxylic acids is 1. The third-order valence-corrected chi connectivity index (χ3v) is 5.28. The lowest BCUT2D eigenvalue weighted by molar-refractivity contribution is -0.131. The van der Waals surface area contributed by atoms with E-state index in [1.165, 1.54) is 16.7 Å². The molecule has 2 heterocycles. The van der Waals surface area contributed by atoms with E-state index in [1.807, 2.05) is 23.2 Å². The highest BCUT2D eigenvalue weighted by Gasteiger charge is 2.27. The summed E-state index contributed by atoms with van der Waals surface area (Å²) in [5.74, 6) is 0.270. The second kappa shape index (κ2) is 6.11. The Hall–Kier alpha value is -0.780. The molecule has 0 saturated carbocycles. The standard InChI is InChI=1S/C14H19NO2S2/c1-14(2)10-15(6-8-19-14)9-12-11(5-7-18-12)3-4-13(16)17/h3-5,7H,6,8-10H2,1-2H3,(H,16,17)/b4-3+. The molecule has 5 heteroatoms. The molecule has 2 rings (SSSR count). The van der Waals surface area contributed by atoms with Crippen LogP contribution in [-0.2, 0) is 11.3 Å². The molecule has 0 radical (unpaired) electrons. The zero-order valence-corrected chi connectivity index (χ0v) is 12.9. The average Bonchev–Trinajstić information content (AvgIpc) is 2.72. The Morgan fingerprint density at radius 3 is 3.05 bits per heavy atom. The maximum Gasteiger partial charge on any atom is 0.328 e. The molecule has 0 unspecified atom stereocenters. The maximum atomic E-state index is 10.6. The van der Waals surface area contributed by atoms with Crippen LogP contribution in [0.1, 0.15) is 24.3 Å². The summed E-state index contributed by atoms with van der Waals surface area (Å²) < 4.78 is 0.312. The Morgan fingerprint density at radius 2 is 2.37 bits per heavy atom. The van der Waals surface area contributed by atoms with Gasteiger partial charge in [0.1, 0.15) is 0 Å². The molecule has 0 spiro atoms. The molecular formula is C14H19NO2S2. The molecular weight excluding hydrogens is 278 g/mol. The molecule has 1 fully saturated rings. The highest BCUT2D eigenvalue weighted by Crippen LogP contribution is 2.31. The van der Waals surface area contributed by atoms with Crippen LogP contribution in [0.2, 0.25) is 0 Å². The van der Waals surface area contributed by atoms with E-state index in [0.717, 1.165) is 25.2 Å². The van der Waals surface area contributed by atoms with E-state index in [1.54, 1.807) is 17.4 Å². The van der Waals surface area contributed by atoms with Crippen LogP contribution in [0.25, 0.3) is 6.08 Å². The minimum atomic E-state index is -0.896. The van der Waals surface area contributed by atoms with Crippen molar-refractivity contribution in [2.75, 3.05) is 18.8 Å². The van der Waals surface area contributed by atoms with Crippen LogP contribution in [0.5, 0.6) is 0 Å². The van der Waals surface area contributed by atoms with Gasteiger partial charge in [-0.15, -0.1) is 11.3 Å². The number of hydrogen-bond donors (Lipinski definition) is 1. The molecule has 19 heavy (non-hydrogen) atoms. The monoisotopic (exact) mass is 297 g/mol. The number of thiophene rings is 1. The molecule has 1 saturated heterocycles. The Bertz CT molecular complexity index is 480. The second-order valence-corrected chi connectivity index (χ2v) is 8.09. The summed E-state index contributed by atoms with van der Waals surface area (Å²) >= 11 is 3.73. The van der Waals surface area contributed by atoms with Gasteiger partial charge in [-0.3, -0.25) is 4.90 Å². The largest absolute Gasteiger partial charge is 0.478 e. The lowest BCUT2D eigenvalue weighted by Gasteiger charge is -2.37. The van der Waals surface area contributed by atoms with Gasteiger partial charge in [0.2, 0.25) is 0 Å². The van der Waals surface area contributed by atoms with Crippen molar-refractivity contribution in [3.8, 4) is 0 Å². The summed E-state index contributed by atoms with van der Waals surface area (Å²) in [6, 6.07) is 1.99. The summed E-state index contributed by atoms with van der Waals surface area (Å²) in [5.41, 5.74) is 1.03. The van der Waals surface area contributed by atoms with Crippen molar-refractivity contribution in [3.63, 3.8) is 0 Å². The van der Waals surface area contributed by atoms with Gasteiger partial charge >= 0.3 is 5.97 Å². The van der Waals surface area contributed by atoms with Crippen molar-refractivity contribution in [1.82, 2.24) is 4.90 Å². The fourth-order valence-electron chi connectivity index (χ4n) is 2.24. The summed E-state index contributed by atoms with van der Waals surface area (Å²) in [4.78, 5) is 14.3. The van der Waals surface area contributed by atoms with Gasteiger partial charge in [0.25, 0.3) is 0 Å². The van der Waals surface area contributed by atoms with E-state index in [4.69, 9.17) is 5.11 Å². The number of carbonyl (C=O) groups is 1. The molecule has 104 valence electrons. The number of nitrogens with zero attached hydrogens (tertiary/aromatic N) is 1. The van der Waals surface area contributed by atoms with Crippen LogP contribution in [0, 0.1) is 0 Å². The predicted octanol–water partition coefficient (Wildman–Crippen LogP) is 3.17. The number of hydrogen-bond acceptors (Lipinski definition) is 4. The summed E-state index contributed by atoms with van der Waals surface area (Å²) in [6.07, 6.45) is 2.90. The van der Waals surface area contributed by atoms with E-state index in [-0.39, 0.29) is 0 Å². The van der Waals surface area contributed by atoms with Gasteiger partial charge in [0.05, 0.1) is 0 Å². The quantitative estimate of drug-likeness (QED) is 0.867. The molecule has 1 N–H and O–H groups in total. The summed E-state index contributed by atoms with van der Waals surface area (Å²) in [5, 5.41) is 10.7. The van der Waals surface area contributed by atoms with Crippen LogP contribution in [-0.4, -0.2) is 39.6 Å². The number of thioether (sulfide) groups is 1. The van der Waals surface area contributed by atoms with Crippen molar-refractivity contribution in [3.05, 3.63) is 28.0 Å². The van der Waals surface area contributed by atoms with Crippen LogP contribution in [0.15, 0.2) is 17.5 Å². The first-order valence-corrected chi connectivity index (χ1v) is 8.16. The first-order chi connectivity index (χ1) is 8.96. The minimum absolute atomic E-state index is 0.312.